The van der Waals surface area contributed by atoms with Gasteiger partial charge in [-0.2, -0.15) is 0 Å². The minimum atomic E-state index is 0.0957. The van der Waals surface area contributed by atoms with Gasteiger partial charge in [0.2, 0.25) is 0 Å². The van der Waals surface area contributed by atoms with E-state index >= 15 is 0 Å². The molecule has 1 aromatic carbocycles. The summed E-state index contributed by atoms with van der Waals surface area (Å²) < 4.78 is 11.6. The Labute approximate surface area is 119 Å². The molecule has 1 fully saturated rings. The highest BCUT2D eigenvalue weighted by Gasteiger charge is 2.40. The van der Waals surface area contributed by atoms with Crippen molar-refractivity contribution in [1.82, 2.24) is 0 Å². The molecule has 3 nitrogen and oxygen atoms in total. The molecule has 0 aromatic heterocycles. The Bertz CT molecular complexity index is 492. The molecule has 19 heavy (non-hydrogen) atoms. The third-order valence-corrected chi connectivity index (χ3v) is 4.77. The maximum Gasteiger partial charge on any atom is 0.180 e. The number of hydrogen-bond acceptors (Lipinski definition) is 3. The molecule has 0 unspecified atom stereocenters. The highest BCUT2D eigenvalue weighted by molar-refractivity contribution is 6.32. The van der Waals surface area contributed by atoms with Gasteiger partial charge in [0.15, 0.2) is 11.5 Å². The van der Waals surface area contributed by atoms with E-state index in [0.717, 1.165) is 30.6 Å². The number of benzene rings is 1. The monoisotopic (exact) mass is 281 g/mol. The van der Waals surface area contributed by atoms with Gasteiger partial charge in [0, 0.05) is 18.4 Å². The topological polar surface area (TPSA) is 44.5 Å². The standard InChI is InChI=1S/C15H20ClNO2/c1-10-11(15(9-17)4-2-5-15)8-12(16)14-13(10)18-6-3-7-19-14/h8H,2-7,9,17H2,1H3. The lowest BCUT2D eigenvalue weighted by atomic mass is 9.63. The van der Waals surface area contributed by atoms with Crippen LogP contribution in [0.3, 0.4) is 0 Å². The first-order chi connectivity index (χ1) is 9.18. The summed E-state index contributed by atoms with van der Waals surface area (Å²) in [6.45, 7) is 4.11. The summed E-state index contributed by atoms with van der Waals surface area (Å²) >= 11 is 6.39. The van der Waals surface area contributed by atoms with E-state index in [0.29, 0.717) is 30.5 Å². The van der Waals surface area contributed by atoms with Crippen LogP contribution in [0.2, 0.25) is 5.02 Å². The average Bonchev–Trinajstić information content (AvgIpc) is 2.60. The molecule has 0 bridgehead atoms. The summed E-state index contributed by atoms with van der Waals surface area (Å²) in [7, 11) is 0. The number of ether oxygens (including phenoxy) is 2. The van der Waals surface area contributed by atoms with E-state index in [2.05, 4.69) is 6.92 Å². The van der Waals surface area contributed by atoms with Crippen molar-refractivity contribution in [3.8, 4) is 11.5 Å². The van der Waals surface area contributed by atoms with Crippen LogP contribution in [-0.2, 0) is 5.41 Å². The molecule has 2 aliphatic rings. The van der Waals surface area contributed by atoms with E-state index in [1.807, 2.05) is 6.07 Å². The molecule has 4 heteroatoms. The second-order valence-corrected chi connectivity index (χ2v) is 5.98. The summed E-state index contributed by atoms with van der Waals surface area (Å²) in [5.74, 6) is 1.52. The van der Waals surface area contributed by atoms with Crippen LogP contribution in [0.5, 0.6) is 11.5 Å². The van der Waals surface area contributed by atoms with Crippen molar-refractivity contribution in [3.05, 3.63) is 22.2 Å². The predicted molar refractivity (Wildman–Crippen MR) is 76.4 cm³/mol. The molecule has 104 valence electrons. The number of nitrogens with two attached hydrogens (primary N) is 1. The van der Waals surface area contributed by atoms with Gasteiger partial charge in [-0.15, -0.1) is 0 Å². The van der Waals surface area contributed by atoms with E-state index < -0.39 is 0 Å². The van der Waals surface area contributed by atoms with Crippen molar-refractivity contribution < 1.29 is 9.47 Å². The first-order valence-corrected chi connectivity index (χ1v) is 7.35. The van der Waals surface area contributed by atoms with Gasteiger partial charge in [0.25, 0.3) is 0 Å². The Morgan fingerprint density at radius 3 is 2.47 bits per heavy atom. The Morgan fingerprint density at radius 2 is 1.89 bits per heavy atom. The lowest BCUT2D eigenvalue weighted by Crippen LogP contribution is -2.42. The van der Waals surface area contributed by atoms with Crippen molar-refractivity contribution in [2.75, 3.05) is 19.8 Å². The number of fused-ring (bicyclic) bond motifs is 1. The van der Waals surface area contributed by atoms with E-state index in [-0.39, 0.29) is 5.41 Å². The predicted octanol–water partition coefficient (Wildman–Crippen LogP) is 3.19. The molecule has 1 aliphatic carbocycles. The fourth-order valence-corrected chi connectivity index (χ4v) is 3.40. The molecule has 0 radical (unpaired) electrons. The number of rotatable bonds is 2. The number of hydrogen-bond donors (Lipinski definition) is 1. The molecule has 2 N–H and O–H groups in total. The molecule has 1 saturated carbocycles. The minimum Gasteiger partial charge on any atom is -0.489 e. The maximum atomic E-state index is 6.39. The molecule has 1 heterocycles. The van der Waals surface area contributed by atoms with Crippen molar-refractivity contribution in [1.29, 1.82) is 0 Å². The van der Waals surface area contributed by atoms with Gasteiger partial charge < -0.3 is 15.2 Å². The molecule has 0 amide bonds. The Balaban J connectivity index is 2.12. The lowest BCUT2D eigenvalue weighted by Gasteiger charge is -2.43. The second-order valence-electron chi connectivity index (χ2n) is 5.58. The summed E-state index contributed by atoms with van der Waals surface area (Å²) in [4.78, 5) is 0. The number of halogens is 1. The summed E-state index contributed by atoms with van der Waals surface area (Å²) in [6.07, 6.45) is 4.41. The van der Waals surface area contributed by atoms with Gasteiger partial charge in [-0.3, -0.25) is 0 Å². The molecular formula is C15H20ClNO2. The zero-order valence-electron chi connectivity index (χ0n) is 11.3. The van der Waals surface area contributed by atoms with Crippen molar-refractivity contribution in [2.24, 2.45) is 5.73 Å². The van der Waals surface area contributed by atoms with Crippen molar-refractivity contribution in [2.45, 2.75) is 38.0 Å². The van der Waals surface area contributed by atoms with Crippen molar-refractivity contribution >= 4 is 11.6 Å². The van der Waals surface area contributed by atoms with Crippen LogP contribution in [0.15, 0.2) is 6.07 Å². The van der Waals surface area contributed by atoms with Crippen LogP contribution < -0.4 is 15.2 Å². The van der Waals surface area contributed by atoms with Gasteiger partial charge >= 0.3 is 0 Å². The van der Waals surface area contributed by atoms with Crippen LogP contribution in [-0.4, -0.2) is 19.8 Å². The van der Waals surface area contributed by atoms with Crippen LogP contribution in [0.25, 0.3) is 0 Å². The van der Waals surface area contributed by atoms with Gasteiger partial charge in [0.1, 0.15) is 0 Å². The van der Waals surface area contributed by atoms with Gasteiger partial charge in [0.05, 0.1) is 18.2 Å². The molecule has 1 aromatic rings. The van der Waals surface area contributed by atoms with E-state index in [4.69, 9.17) is 26.8 Å². The van der Waals surface area contributed by atoms with Crippen LogP contribution in [0.1, 0.15) is 36.8 Å². The molecular weight excluding hydrogens is 262 g/mol. The zero-order chi connectivity index (χ0) is 13.5. The summed E-state index contributed by atoms with van der Waals surface area (Å²) in [6, 6.07) is 2.04. The molecule has 0 atom stereocenters. The van der Waals surface area contributed by atoms with Crippen molar-refractivity contribution in [3.63, 3.8) is 0 Å². The summed E-state index contributed by atoms with van der Waals surface area (Å²) in [5, 5.41) is 0.650. The second kappa shape index (κ2) is 4.88. The Morgan fingerprint density at radius 1 is 1.21 bits per heavy atom. The molecule has 0 saturated heterocycles. The minimum absolute atomic E-state index is 0.0957. The van der Waals surface area contributed by atoms with Crippen LogP contribution >= 0.6 is 11.6 Å². The molecule has 0 spiro atoms. The normalized spacial score (nSPS) is 20.6. The third kappa shape index (κ3) is 2.00. The largest absolute Gasteiger partial charge is 0.489 e. The Kier molecular flexibility index (Phi) is 3.35. The Hall–Kier alpha value is -0.930. The molecule has 1 aliphatic heterocycles. The third-order valence-electron chi connectivity index (χ3n) is 4.49. The van der Waals surface area contributed by atoms with E-state index in [1.54, 1.807) is 0 Å². The highest BCUT2D eigenvalue weighted by Crippen LogP contribution is 2.50. The summed E-state index contributed by atoms with van der Waals surface area (Å²) in [5.41, 5.74) is 8.50. The first kappa shape index (κ1) is 13.1. The van der Waals surface area contributed by atoms with E-state index in [1.165, 1.54) is 12.0 Å². The zero-order valence-corrected chi connectivity index (χ0v) is 12.1. The van der Waals surface area contributed by atoms with E-state index in [9.17, 15) is 0 Å². The lowest BCUT2D eigenvalue weighted by molar-refractivity contribution is 0.249. The van der Waals surface area contributed by atoms with Crippen LogP contribution in [0.4, 0.5) is 0 Å². The quantitative estimate of drug-likeness (QED) is 0.905. The van der Waals surface area contributed by atoms with Gasteiger partial charge in [-0.05, 0) is 37.0 Å². The fourth-order valence-electron chi connectivity index (χ4n) is 3.16. The molecule has 3 rings (SSSR count). The average molecular weight is 282 g/mol. The van der Waals surface area contributed by atoms with Gasteiger partial charge in [-0.1, -0.05) is 18.0 Å². The highest BCUT2D eigenvalue weighted by atomic mass is 35.5. The maximum absolute atomic E-state index is 6.39. The van der Waals surface area contributed by atoms with Crippen LogP contribution in [0, 0.1) is 6.92 Å². The smallest absolute Gasteiger partial charge is 0.180 e. The van der Waals surface area contributed by atoms with Gasteiger partial charge in [-0.25, -0.2) is 0 Å². The fraction of sp³-hybridized carbons (Fsp3) is 0.600. The first-order valence-electron chi connectivity index (χ1n) is 6.97. The SMILES string of the molecule is Cc1c(C2(CN)CCC2)cc(Cl)c2c1OCCCO2.